The molecular formula is C14H15N3O3. The maximum atomic E-state index is 12.1. The lowest BCUT2D eigenvalue weighted by Gasteiger charge is -2.07. The van der Waals surface area contributed by atoms with Crippen molar-refractivity contribution in [2.75, 3.05) is 12.4 Å². The highest BCUT2D eigenvalue weighted by Crippen LogP contribution is 2.15. The fourth-order valence-corrected chi connectivity index (χ4v) is 1.72. The van der Waals surface area contributed by atoms with E-state index in [1.165, 1.54) is 13.3 Å². The standard InChI is InChI=1S/C14H15N3O3/c1-8-4-5-10(6-9(8)2)13(18)16-11-7-15-17-12(11)14(19)20-3/h4-7H,1-3H3,(H,15,17)(H,16,18). The van der Waals surface area contributed by atoms with Gasteiger partial charge in [0.1, 0.15) is 0 Å². The number of aromatic amines is 1. The number of H-pyrrole nitrogens is 1. The molecule has 104 valence electrons. The monoisotopic (exact) mass is 273 g/mol. The third-order valence-electron chi connectivity index (χ3n) is 3.05. The van der Waals surface area contributed by atoms with Crippen molar-refractivity contribution in [3.8, 4) is 0 Å². The molecule has 0 aliphatic carbocycles. The average Bonchev–Trinajstić information content (AvgIpc) is 2.89. The summed E-state index contributed by atoms with van der Waals surface area (Å²) in [6.07, 6.45) is 1.37. The molecule has 0 saturated carbocycles. The number of hydrogen-bond acceptors (Lipinski definition) is 4. The molecule has 0 aliphatic heterocycles. The highest BCUT2D eigenvalue weighted by molar-refractivity contribution is 6.07. The van der Waals surface area contributed by atoms with Gasteiger partial charge in [-0.05, 0) is 37.1 Å². The largest absolute Gasteiger partial charge is 0.464 e. The zero-order valence-corrected chi connectivity index (χ0v) is 11.5. The second-order valence-corrected chi connectivity index (χ2v) is 4.40. The van der Waals surface area contributed by atoms with Crippen molar-refractivity contribution in [1.82, 2.24) is 10.2 Å². The Morgan fingerprint density at radius 1 is 1.25 bits per heavy atom. The highest BCUT2D eigenvalue weighted by Gasteiger charge is 2.17. The van der Waals surface area contributed by atoms with Crippen LogP contribution in [0.1, 0.15) is 32.0 Å². The second kappa shape index (κ2) is 5.56. The molecule has 1 amide bonds. The number of anilines is 1. The summed E-state index contributed by atoms with van der Waals surface area (Å²) < 4.78 is 4.60. The Morgan fingerprint density at radius 2 is 2.00 bits per heavy atom. The van der Waals surface area contributed by atoms with Gasteiger partial charge in [-0.2, -0.15) is 5.10 Å². The highest BCUT2D eigenvalue weighted by atomic mass is 16.5. The maximum Gasteiger partial charge on any atom is 0.358 e. The minimum absolute atomic E-state index is 0.115. The van der Waals surface area contributed by atoms with Crippen molar-refractivity contribution in [3.05, 3.63) is 46.8 Å². The maximum absolute atomic E-state index is 12.1. The first-order valence-corrected chi connectivity index (χ1v) is 6.03. The van der Waals surface area contributed by atoms with Crippen LogP contribution in [0.5, 0.6) is 0 Å². The first-order valence-electron chi connectivity index (χ1n) is 6.03. The van der Waals surface area contributed by atoms with E-state index in [9.17, 15) is 9.59 Å². The van der Waals surface area contributed by atoms with Gasteiger partial charge in [-0.25, -0.2) is 4.79 Å². The Kier molecular flexibility index (Phi) is 3.84. The fraction of sp³-hybridized carbons (Fsp3) is 0.214. The van der Waals surface area contributed by atoms with Gasteiger partial charge in [-0.15, -0.1) is 0 Å². The molecule has 0 saturated heterocycles. The van der Waals surface area contributed by atoms with Gasteiger partial charge in [0.2, 0.25) is 0 Å². The molecule has 6 heteroatoms. The van der Waals surface area contributed by atoms with Gasteiger partial charge in [0, 0.05) is 5.56 Å². The van der Waals surface area contributed by atoms with Crippen molar-refractivity contribution in [3.63, 3.8) is 0 Å². The topological polar surface area (TPSA) is 84.1 Å². The van der Waals surface area contributed by atoms with E-state index >= 15 is 0 Å². The predicted octanol–water partition coefficient (Wildman–Crippen LogP) is 2.07. The minimum Gasteiger partial charge on any atom is -0.464 e. The number of methoxy groups -OCH3 is 1. The molecule has 2 N–H and O–H groups in total. The summed E-state index contributed by atoms with van der Waals surface area (Å²) in [4.78, 5) is 23.6. The van der Waals surface area contributed by atoms with Crippen LogP contribution >= 0.6 is 0 Å². The van der Waals surface area contributed by atoms with Crippen LogP contribution < -0.4 is 5.32 Å². The number of amides is 1. The third-order valence-corrected chi connectivity index (χ3v) is 3.05. The Labute approximate surface area is 116 Å². The zero-order chi connectivity index (χ0) is 14.7. The number of rotatable bonds is 3. The summed E-state index contributed by atoms with van der Waals surface area (Å²) in [6.45, 7) is 3.91. The van der Waals surface area contributed by atoms with Crippen LogP contribution in [-0.4, -0.2) is 29.2 Å². The third kappa shape index (κ3) is 2.69. The Morgan fingerprint density at radius 3 is 2.65 bits per heavy atom. The number of hydrogen-bond donors (Lipinski definition) is 2. The van der Waals surface area contributed by atoms with Crippen LogP contribution in [0.15, 0.2) is 24.4 Å². The molecule has 2 aromatic rings. The van der Waals surface area contributed by atoms with E-state index in [4.69, 9.17) is 0 Å². The lowest BCUT2D eigenvalue weighted by molar-refractivity contribution is 0.0595. The van der Waals surface area contributed by atoms with Crippen molar-refractivity contribution in [2.24, 2.45) is 0 Å². The molecular weight excluding hydrogens is 258 g/mol. The number of benzene rings is 1. The number of nitrogens with one attached hydrogen (secondary N) is 2. The van der Waals surface area contributed by atoms with E-state index in [0.29, 0.717) is 11.3 Å². The number of carbonyl (C=O) groups excluding carboxylic acids is 2. The van der Waals surface area contributed by atoms with Gasteiger partial charge in [-0.1, -0.05) is 6.07 Å². The number of aromatic nitrogens is 2. The van der Waals surface area contributed by atoms with Crippen LogP contribution in [0.3, 0.4) is 0 Å². The second-order valence-electron chi connectivity index (χ2n) is 4.40. The summed E-state index contributed by atoms with van der Waals surface area (Å²) >= 11 is 0. The van der Waals surface area contributed by atoms with Gasteiger partial charge in [-0.3, -0.25) is 9.89 Å². The quantitative estimate of drug-likeness (QED) is 0.838. The molecule has 6 nitrogen and oxygen atoms in total. The smallest absolute Gasteiger partial charge is 0.358 e. The van der Waals surface area contributed by atoms with Gasteiger partial charge in [0.15, 0.2) is 5.69 Å². The van der Waals surface area contributed by atoms with Crippen molar-refractivity contribution in [2.45, 2.75) is 13.8 Å². The fourth-order valence-electron chi connectivity index (χ4n) is 1.72. The van der Waals surface area contributed by atoms with Gasteiger partial charge >= 0.3 is 5.97 Å². The molecule has 0 atom stereocenters. The van der Waals surface area contributed by atoms with E-state index in [1.807, 2.05) is 19.9 Å². The zero-order valence-electron chi connectivity index (χ0n) is 11.5. The Balaban J connectivity index is 2.22. The lowest BCUT2D eigenvalue weighted by Crippen LogP contribution is -2.15. The molecule has 1 aromatic heterocycles. The summed E-state index contributed by atoms with van der Waals surface area (Å²) in [7, 11) is 1.26. The van der Waals surface area contributed by atoms with Crippen molar-refractivity contribution < 1.29 is 14.3 Å². The number of ether oxygens (including phenoxy) is 1. The predicted molar refractivity (Wildman–Crippen MR) is 73.8 cm³/mol. The Bertz CT molecular complexity index is 661. The van der Waals surface area contributed by atoms with Crippen molar-refractivity contribution >= 4 is 17.6 Å². The molecule has 0 fully saturated rings. The number of aryl methyl sites for hydroxylation is 2. The summed E-state index contributed by atoms with van der Waals surface area (Å²) in [6, 6.07) is 5.40. The number of carbonyl (C=O) groups is 2. The van der Waals surface area contributed by atoms with E-state index in [2.05, 4.69) is 20.3 Å². The van der Waals surface area contributed by atoms with E-state index in [1.54, 1.807) is 12.1 Å². The van der Waals surface area contributed by atoms with E-state index < -0.39 is 5.97 Å². The first-order chi connectivity index (χ1) is 9.52. The molecule has 1 heterocycles. The van der Waals surface area contributed by atoms with Crippen LogP contribution in [0.25, 0.3) is 0 Å². The van der Waals surface area contributed by atoms with Gasteiger partial charge in [0.05, 0.1) is 19.0 Å². The van der Waals surface area contributed by atoms with E-state index in [0.717, 1.165) is 11.1 Å². The molecule has 1 aromatic carbocycles. The summed E-state index contributed by atoms with van der Waals surface area (Å²) in [5.41, 5.74) is 3.06. The SMILES string of the molecule is COC(=O)c1[nH]ncc1NC(=O)c1ccc(C)c(C)c1. The minimum atomic E-state index is -0.585. The molecule has 2 rings (SSSR count). The van der Waals surface area contributed by atoms with Crippen LogP contribution in [0.2, 0.25) is 0 Å². The van der Waals surface area contributed by atoms with Crippen molar-refractivity contribution in [1.29, 1.82) is 0 Å². The first kappa shape index (κ1) is 13.8. The van der Waals surface area contributed by atoms with Crippen LogP contribution in [0, 0.1) is 13.8 Å². The summed E-state index contributed by atoms with van der Waals surface area (Å²) in [5, 5.41) is 8.86. The molecule has 0 unspecified atom stereocenters. The molecule has 20 heavy (non-hydrogen) atoms. The van der Waals surface area contributed by atoms with Gasteiger partial charge < -0.3 is 10.1 Å². The van der Waals surface area contributed by atoms with Crippen LogP contribution in [-0.2, 0) is 4.74 Å². The average molecular weight is 273 g/mol. The van der Waals surface area contributed by atoms with Gasteiger partial charge in [0.25, 0.3) is 5.91 Å². The molecule has 0 aliphatic rings. The molecule has 0 radical (unpaired) electrons. The van der Waals surface area contributed by atoms with Crippen LogP contribution in [0.4, 0.5) is 5.69 Å². The normalized spacial score (nSPS) is 10.2. The number of nitrogens with zero attached hydrogens (tertiary/aromatic N) is 1. The number of esters is 1. The lowest BCUT2D eigenvalue weighted by atomic mass is 10.1. The molecule has 0 spiro atoms. The van der Waals surface area contributed by atoms with E-state index in [-0.39, 0.29) is 11.6 Å². The molecule has 0 bridgehead atoms. The Hall–Kier alpha value is -2.63. The summed E-state index contributed by atoms with van der Waals surface area (Å²) in [5.74, 6) is -0.891.